The number of para-hydroxylation sites is 1. The maximum Gasteiger partial charge on any atom is 0.323 e. The fourth-order valence-electron chi connectivity index (χ4n) is 3.13. The first-order valence-electron chi connectivity index (χ1n) is 7.92. The number of imidazole rings is 1. The summed E-state index contributed by atoms with van der Waals surface area (Å²) in [6.07, 6.45) is 0.862. The van der Waals surface area contributed by atoms with Gasteiger partial charge in [-0.2, -0.15) is 5.21 Å². The van der Waals surface area contributed by atoms with Crippen molar-refractivity contribution in [1.82, 2.24) is 30.6 Å². The van der Waals surface area contributed by atoms with Crippen LogP contribution in [-0.2, 0) is 19.9 Å². The van der Waals surface area contributed by atoms with E-state index in [0.29, 0.717) is 16.6 Å². The Kier molecular flexibility index (Phi) is 4.14. The number of tetrazole rings is 1. The van der Waals surface area contributed by atoms with Crippen LogP contribution in [0.1, 0.15) is 0 Å². The number of sulfonamides is 1. The molecule has 0 spiro atoms. The van der Waals surface area contributed by atoms with E-state index in [9.17, 15) is 21.6 Å². The quantitative estimate of drug-likeness (QED) is 0.336. The van der Waals surface area contributed by atoms with Gasteiger partial charge in [0.05, 0.1) is 21.5 Å². The summed E-state index contributed by atoms with van der Waals surface area (Å²) in [5.41, 5.74) is 0.881. The Hall–Kier alpha value is -3.36. The van der Waals surface area contributed by atoms with Crippen LogP contribution in [0.3, 0.4) is 0 Å². The Morgan fingerprint density at radius 3 is 2.38 bits per heavy atom. The number of rotatable bonds is 4. The second-order valence-corrected chi connectivity index (χ2v) is 9.66. The Morgan fingerprint density at radius 1 is 1.00 bits per heavy atom. The molecule has 29 heavy (non-hydrogen) atoms. The van der Waals surface area contributed by atoms with E-state index in [0.717, 1.165) is 12.3 Å². The van der Waals surface area contributed by atoms with Crippen molar-refractivity contribution >= 4 is 30.9 Å². The van der Waals surface area contributed by atoms with Crippen molar-refractivity contribution in [3.63, 3.8) is 0 Å². The number of H-pyrrole nitrogens is 3. The van der Waals surface area contributed by atoms with Gasteiger partial charge in [-0.05, 0) is 22.9 Å². The Morgan fingerprint density at radius 2 is 1.76 bits per heavy atom. The van der Waals surface area contributed by atoms with Crippen molar-refractivity contribution in [3.05, 3.63) is 40.8 Å². The molecule has 12 nitrogen and oxygen atoms in total. The molecule has 14 heteroatoms. The van der Waals surface area contributed by atoms with Gasteiger partial charge in [0.1, 0.15) is 4.90 Å². The molecule has 0 aliphatic heterocycles. The zero-order valence-electron chi connectivity index (χ0n) is 14.7. The Bertz CT molecular complexity index is 1520. The predicted octanol–water partition coefficient (Wildman–Crippen LogP) is -0.246. The van der Waals surface area contributed by atoms with Crippen LogP contribution >= 0.6 is 0 Å². The summed E-state index contributed by atoms with van der Waals surface area (Å²) in [6, 6.07) is 7.45. The summed E-state index contributed by atoms with van der Waals surface area (Å²) in [6.45, 7) is 0. The van der Waals surface area contributed by atoms with Crippen LogP contribution in [0.5, 0.6) is 0 Å². The summed E-state index contributed by atoms with van der Waals surface area (Å²) in [5, 5.41) is 18.6. The van der Waals surface area contributed by atoms with Crippen molar-refractivity contribution in [1.29, 1.82) is 0 Å². The summed E-state index contributed by atoms with van der Waals surface area (Å²) in [7, 11) is -8.51. The lowest BCUT2D eigenvalue weighted by atomic mass is 9.98. The lowest BCUT2D eigenvalue weighted by Crippen LogP contribution is -2.18. The van der Waals surface area contributed by atoms with Gasteiger partial charge in [0, 0.05) is 11.8 Å². The fourth-order valence-corrected chi connectivity index (χ4v) is 5.53. The van der Waals surface area contributed by atoms with E-state index in [-0.39, 0.29) is 17.0 Å². The number of nitrogens with one attached hydrogen (secondary N) is 3. The summed E-state index contributed by atoms with van der Waals surface area (Å²) in [5.74, 6) is -0.176. The molecule has 2 aromatic heterocycles. The molecule has 5 N–H and O–H groups in total. The predicted molar refractivity (Wildman–Crippen MR) is 102 cm³/mol. The summed E-state index contributed by atoms with van der Waals surface area (Å²) >= 11 is 0. The number of sulfone groups is 1. The minimum absolute atomic E-state index is 0.154. The maximum absolute atomic E-state index is 12.4. The van der Waals surface area contributed by atoms with Gasteiger partial charge in [-0.25, -0.2) is 26.8 Å². The molecule has 2 aromatic carbocycles. The molecule has 0 unspecified atom stereocenters. The molecule has 4 aromatic rings. The van der Waals surface area contributed by atoms with Crippen molar-refractivity contribution < 1.29 is 16.8 Å². The maximum atomic E-state index is 12.4. The van der Waals surface area contributed by atoms with Crippen LogP contribution in [0, 0.1) is 0 Å². The van der Waals surface area contributed by atoms with Crippen molar-refractivity contribution in [2.75, 3.05) is 6.26 Å². The van der Waals surface area contributed by atoms with Gasteiger partial charge >= 0.3 is 5.69 Å². The molecule has 0 saturated heterocycles. The van der Waals surface area contributed by atoms with Crippen LogP contribution in [0.25, 0.3) is 33.5 Å². The molecule has 0 aliphatic carbocycles. The highest BCUT2D eigenvalue weighted by Gasteiger charge is 2.30. The lowest BCUT2D eigenvalue weighted by molar-refractivity contribution is 0.586. The zero-order chi connectivity index (χ0) is 21.0. The van der Waals surface area contributed by atoms with E-state index in [1.807, 2.05) is 0 Å². The fraction of sp³-hybridized carbons (Fsp3) is 0.0667. The van der Waals surface area contributed by atoms with Crippen LogP contribution in [-0.4, -0.2) is 53.7 Å². The van der Waals surface area contributed by atoms with Crippen molar-refractivity contribution in [2.24, 2.45) is 5.14 Å². The van der Waals surface area contributed by atoms with Crippen LogP contribution in [0.4, 0.5) is 0 Å². The number of aromatic amines is 3. The van der Waals surface area contributed by atoms with Crippen LogP contribution in [0.2, 0.25) is 0 Å². The lowest BCUT2D eigenvalue weighted by Gasteiger charge is -2.15. The first-order valence-corrected chi connectivity index (χ1v) is 11.4. The van der Waals surface area contributed by atoms with Gasteiger partial charge < -0.3 is 9.97 Å². The van der Waals surface area contributed by atoms with Crippen molar-refractivity contribution in [2.45, 2.75) is 9.79 Å². The Balaban J connectivity index is 2.23. The molecule has 0 saturated carbocycles. The number of fused-ring (bicyclic) bond motifs is 1. The highest BCUT2D eigenvalue weighted by atomic mass is 32.2. The smallest absolute Gasteiger partial charge is 0.306 e. The van der Waals surface area contributed by atoms with E-state index in [4.69, 9.17) is 5.14 Å². The first kappa shape index (κ1) is 19.0. The average Bonchev–Trinajstić information content (AvgIpc) is 3.27. The van der Waals surface area contributed by atoms with Gasteiger partial charge in [0.2, 0.25) is 15.8 Å². The molecule has 150 valence electrons. The molecule has 0 amide bonds. The third-order valence-electron chi connectivity index (χ3n) is 4.22. The number of primary sulfonamides is 1. The standard InChI is InChI=1S/C15H13N7O5S2/c1-28(24,25)10-6-5-7(8-3-2-4-9-12(8)18-15(23)17-9)11(13(10)29(16,26)27)14-19-21-22-20-14/h2-6H,1H3,(H2,16,26,27)(H2,17,18,23)(H,19,20,21,22). The van der Waals surface area contributed by atoms with E-state index in [2.05, 4.69) is 30.6 Å². The molecule has 0 fully saturated rings. The molecule has 0 radical (unpaired) electrons. The number of nitrogens with two attached hydrogens (primary N) is 1. The molecule has 0 aliphatic rings. The largest absolute Gasteiger partial charge is 0.323 e. The van der Waals surface area contributed by atoms with E-state index in [1.54, 1.807) is 18.2 Å². The van der Waals surface area contributed by atoms with Gasteiger partial charge in [0.15, 0.2) is 9.84 Å². The van der Waals surface area contributed by atoms with Gasteiger partial charge in [-0.1, -0.05) is 18.2 Å². The number of aromatic nitrogens is 6. The molecular formula is C15H13N7O5S2. The monoisotopic (exact) mass is 435 g/mol. The summed E-state index contributed by atoms with van der Waals surface area (Å²) in [4.78, 5) is 15.8. The first-order chi connectivity index (χ1) is 13.6. The normalized spacial score (nSPS) is 12.5. The van der Waals surface area contributed by atoms with Crippen molar-refractivity contribution in [3.8, 4) is 22.5 Å². The molecular weight excluding hydrogens is 422 g/mol. The SMILES string of the molecule is CS(=O)(=O)c1ccc(-c2cccc3[nH]c(=O)[nH]c23)c(-c2nn[nH]n2)c1S(N)(=O)=O. The van der Waals surface area contributed by atoms with Crippen LogP contribution < -0.4 is 10.8 Å². The minimum Gasteiger partial charge on any atom is -0.306 e. The number of benzene rings is 2. The van der Waals surface area contributed by atoms with Gasteiger partial charge in [0.25, 0.3) is 0 Å². The highest BCUT2D eigenvalue weighted by molar-refractivity contribution is 7.93. The van der Waals surface area contributed by atoms with Gasteiger partial charge in [-0.15, -0.1) is 10.2 Å². The minimum atomic E-state index is -4.53. The second-order valence-electron chi connectivity index (χ2n) is 6.18. The third-order valence-corrected chi connectivity index (χ3v) is 6.48. The van der Waals surface area contributed by atoms with E-state index >= 15 is 0 Å². The van der Waals surface area contributed by atoms with E-state index < -0.39 is 35.3 Å². The molecule has 4 rings (SSSR count). The molecule has 0 bridgehead atoms. The van der Waals surface area contributed by atoms with Crippen LogP contribution in [0.15, 0.2) is 44.9 Å². The molecule has 0 atom stereocenters. The Labute approximate surface area is 163 Å². The second kappa shape index (κ2) is 6.33. The van der Waals surface area contributed by atoms with Gasteiger partial charge in [-0.3, -0.25) is 0 Å². The third kappa shape index (κ3) is 3.22. The molecule has 2 heterocycles. The topological polar surface area (TPSA) is 197 Å². The highest BCUT2D eigenvalue weighted by Crippen LogP contribution is 2.40. The number of hydrogen-bond acceptors (Lipinski definition) is 8. The number of nitrogens with zero attached hydrogens (tertiary/aromatic N) is 3. The number of hydrogen-bond donors (Lipinski definition) is 4. The zero-order valence-corrected chi connectivity index (χ0v) is 16.3. The average molecular weight is 435 g/mol. The van der Waals surface area contributed by atoms with E-state index in [1.165, 1.54) is 6.07 Å². The summed E-state index contributed by atoms with van der Waals surface area (Å²) < 4.78 is 49.4.